The molecule has 92 valence electrons. The van der Waals surface area contributed by atoms with Crippen LogP contribution >= 0.6 is 0 Å². The SMILES string of the molecule is COc1ccc(N(C)C(=O)c2ccccn2)cc1. The van der Waals surface area contributed by atoms with Gasteiger partial charge in [0.2, 0.25) is 0 Å². The van der Waals surface area contributed by atoms with Gasteiger partial charge in [0, 0.05) is 18.9 Å². The Kier molecular flexibility index (Phi) is 3.57. The van der Waals surface area contributed by atoms with Crippen molar-refractivity contribution in [2.75, 3.05) is 19.1 Å². The summed E-state index contributed by atoms with van der Waals surface area (Å²) >= 11 is 0. The van der Waals surface area contributed by atoms with Gasteiger partial charge in [0.05, 0.1) is 7.11 Å². The van der Waals surface area contributed by atoms with Crippen LogP contribution in [0.25, 0.3) is 0 Å². The molecular formula is C14H14N2O2. The number of ether oxygens (including phenoxy) is 1. The molecule has 0 aliphatic rings. The fourth-order valence-electron chi connectivity index (χ4n) is 1.58. The monoisotopic (exact) mass is 242 g/mol. The highest BCUT2D eigenvalue weighted by Crippen LogP contribution is 2.19. The molecule has 0 unspecified atom stereocenters. The Bertz CT molecular complexity index is 523. The molecule has 0 bridgehead atoms. The first-order valence-corrected chi connectivity index (χ1v) is 5.55. The summed E-state index contributed by atoms with van der Waals surface area (Å²) in [6, 6.07) is 12.6. The van der Waals surface area contributed by atoms with Crippen LogP contribution in [0.2, 0.25) is 0 Å². The number of pyridine rings is 1. The Morgan fingerprint density at radius 3 is 2.44 bits per heavy atom. The molecule has 1 aromatic heterocycles. The lowest BCUT2D eigenvalue weighted by molar-refractivity contribution is 0.0988. The van der Waals surface area contributed by atoms with Crippen LogP contribution in [0.3, 0.4) is 0 Å². The van der Waals surface area contributed by atoms with E-state index < -0.39 is 0 Å². The minimum absolute atomic E-state index is 0.138. The van der Waals surface area contributed by atoms with E-state index >= 15 is 0 Å². The lowest BCUT2D eigenvalue weighted by Crippen LogP contribution is -2.26. The quantitative estimate of drug-likeness (QED) is 0.829. The number of amides is 1. The maximum atomic E-state index is 12.1. The molecule has 2 rings (SSSR count). The maximum absolute atomic E-state index is 12.1. The van der Waals surface area contributed by atoms with Gasteiger partial charge in [-0.15, -0.1) is 0 Å². The molecule has 18 heavy (non-hydrogen) atoms. The molecule has 1 aromatic carbocycles. The second-order valence-electron chi connectivity index (χ2n) is 3.78. The number of carbonyl (C=O) groups is 1. The highest BCUT2D eigenvalue weighted by atomic mass is 16.5. The van der Waals surface area contributed by atoms with Crippen molar-refractivity contribution in [3.63, 3.8) is 0 Å². The average molecular weight is 242 g/mol. The van der Waals surface area contributed by atoms with E-state index in [4.69, 9.17) is 4.74 Å². The highest BCUT2D eigenvalue weighted by Gasteiger charge is 2.13. The zero-order valence-electron chi connectivity index (χ0n) is 10.3. The maximum Gasteiger partial charge on any atom is 0.276 e. The molecule has 0 fully saturated rings. The molecule has 0 spiro atoms. The van der Waals surface area contributed by atoms with Crippen LogP contribution in [-0.4, -0.2) is 25.0 Å². The van der Waals surface area contributed by atoms with Gasteiger partial charge in [-0.05, 0) is 36.4 Å². The van der Waals surface area contributed by atoms with Crippen LogP contribution in [-0.2, 0) is 0 Å². The third-order valence-electron chi connectivity index (χ3n) is 2.65. The molecule has 0 N–H and O–H groups in total. The standard InChI is InChI=1S/C14H14N2O2/c1-16(11-6-8-12(18-2)9-7-11)14(17)13-5-3-4-10-15-13/h3-10H,1-2H3. The molecule has 0 saturated heterocycles. The number of anilines is 1. The van der Waals surface area contributed by atoms with Crippen molar-refractivity contribution >= 4 is 11.6 Å². The molecule has 0 atom stereocenters. The lowest BCUT2D eigenvalue weighted by Gasteiger charge is -2.17. The molecule has 1 heterocycles. The van der Waals surface area contributed by atoms with Crippen molar-refractivity contribution < 1.29 is 9.53 Å². The van der Waals surface area contributed by atoms with Gasteiger partial charge in [-0.2, -0.15) is 0 Å². The van der Waals surface area contributed by atoms with E-state index in [9.17, 15) is 4.79 Å². The van der Waals surface area contributed by atoms with Gasteiger partial charge in [0.1, 0.15) is 11.4 Å². The van der Waals surface area contributed by atoms with Crippen LogP contribution in [0.15, 0.2) is 48.7 Å². The average Bonchev–Trinajstić information content (AvgIpc) is 2.47. The van der Waals surface area contributed by atoms with Gasteiger partial charge in [-0.3, -0.25) is 9.78 Å². The predicted octanol–water partition coefficient (Wildman–Crippen LogP) is 2.37. The third kappa shape index (κ3) is 2.48. The molecule has 0 radical (unpaired) electrons. The van der Waals surface area contributed by atoms with E-state index in [1.807, 2.05) is 24.3 Å². The summed E-state index contributed by atoms with van der Waals surface area (Å²) in [6.45, 7) is 0. The first-order valence-electron chi connectivity index (χ1n) is 5.55. The number of benzene rings is 1. The Hall–Kier alpha value is -2.36. The van der Waals surface area contributed by atoms with Crippen molar-refractivity contribution in [3.05, 3.63) is 54.4 Å². The lowest BCUT2D eigenvalue weighted by atomic mass is 10.2. The Labute approximate surface area is 106 Å². The van der Waals surface area contributed by atoms with Crippen LogP contribution < -0.4 is 9.64 Å². The van der Waals surface area contributed by atoms with Gasteiger partial charge in [-0.1, -0.05) is 6.07 Å². The van der Waals surface area contributed by atoms with E-state index in [1.54, 1.807) is 43.5 Å². The number of methoxy groups -OCH3 is 1. The van der Waals surface area contributed by atoms with E-state index in [-0.39, 0.29) is 5.91 Å². The van der Waals surface area contributed by atoms with Crippen LogP contribution in [0.5, 0.6) is 5.75 Å². The zero-order chi connectivity index (χ0) is 13.0. The topological polar surface area (TPSA) is 42.4 Å². The van der Waals surface area contributed by atoms with Gasteiger partial charge < -0.3 is 9.64 Å². The third-order valence-corrected chi connectivity index (χ3v) is 2.65. The van der Waals surface area contributed by atoms with Gasteiger partial charge in [-0.25, -0.2) is 0 Å². The minimum atomic E-state index is -0.138. The first kappa shape index (κ1) is 12.1. The van der Waals surface area contributed by atoms with Gasteiger partial charge in [0.25, 0.3) is 5.91 Å². The normalized spacial score (nSPS) is 9.89. The van der Waals surface area contributed by atoms with E-state index in [0.717, 1.165) is 11.4 Å². The summed E-state index contributed by atoms with van der Waals surface area (Å²) in [4.78, 5) is 17.7. The molecule has 2 aromatic rings. The second kappa shape index (κ2) is 5.31. The van der Waals surface area contributed by atoms with Gasteiger partial charge >= 0.3 is 0 Å². The Balaban J connectivity index is 2.20. The van der Waals surface area contributed by atoms with Crippen molar-refractivity contribution in [2.45, 2.75) is 0 Å². The molecule has 4 heteroatoms. The van der Waals surface area contributed by atoms with Crippen LogP contribution in [0.4, 0.5) is 5.69 Å². The number of carbonyl (C=O) groups excluding carboxylic acids is 1. The molecule has 0 saturated carbocycles. The fraction of sp³-hybridized carbons (Fsp3) is 0.143. The Morgan fingerprint density at radius 2 is 1.89 bits per heavy atom. The minimum Gasteiger partial charge on any atom is -0.497 e. The van der Waals surface area contributed by atoms with Crippen LogP contribution in [0, 0.1) is 0 Å². The summed E-state index contributed by atoms with van der Waals surface area (Å²) < 4.78 is 5.08. The molecule has 4 nitrogen and oxygen atoms in total. The van der Waals surface area contributed by atoms with E-state index in [2.05, 4.69) is 4.98 Å². The van der Waals surface area contributed by atoms with Gasteiger partial charge in [0.15, 0.2) is 0 Å². The van der Waals surface area contributed by atoms with Crippen LogP contribution in [0.1, 0.15) is 10.5 Å². The molecule has 0 aliphatic carbocycles. The van der Waals surface area contributed by atoms with E-state index in [1.165, 1.54) is 0 Å². The summed E-state index contributed by atoms with van der Waals surface area (Å²) in [5.74, 6) is 0.623. The van der Waals surface area contributed by atoms with Crippen molar-refractivity contribution in [1.82, 2.24) is 4.98 Å². The number of nitrogens with zero attached hydrogens (tertiary/aromatic N) is 2. The number of hydrogen-bond acceptors (Lipinski definition) is 3. The summed E-state index contributed by atoms with van der Waals surface area (Å²) in [5.41, 5.74) is 1.22. The number of aromatic nitrogens is 1. The number of rotatable bonds is 3. The second-order valence-corrected chi connectivity index (χ2v) is 3.78. The predicted molar refractivity (Wildman–Crippen MR) is 70.0 cm³/mol. The summed E-state index contributed by atoms with van der Waals surface area (Å²) in [7, 11) is 3.33. The molecule has 1 amide bonds. The Morgan fingerprint density at radius 1 is 1.17 bits per heavy atom. The summed E-state index contributed by atoms with van der Waals surface area (Å²) in [5, 5.41) is 0. The van der Waals surface area contributed by atoms with Crippen molar-refractivity contribution in [1.29, 1.82) is 0 Å². The molecule has 0 aliphatic heterocycles. The summed E-state index contributed by atoms with van der Waals surface area (Å²) in [6.07, 6.45) is 1.61. The number of hydrogen-bond donors (Lipinski definition) is 0. The largest absolute Gasteiger partial charge is 0.497 e. The zero-order valence-corrected chi connectivity index (χ0v) is 10.3. The molecular weight excluding hydrogens is 228 g/mol. The smallest absolute Gasteiger partial charge is 0.276 e. The van der Waals surface area contributed by atoms with Crippen molar-refractivity contribution in [2.24, 2.45) is 0 Å². The van der Waals surface area contributed by atoms with Crippen molar-refractivity contribution in [3.8, 4) is 5.75 Å². The first-order chi connectivity index (χ1) is 8.72. The highest BCUT2D eigenvalue weighted by molar-refractivity contribution is 6.04. The van der Waals surface area contributed by atoms with E-state index in [0.29, 0.717) is 5.69 Å². The fourth-order valence-corrected chi connectivity index (χ4v) is 1.58.